The van der Waals surface area contributed by atoms with Crippen LogP contribution in [0.1, 0.15) is 29.3 Å². The average molecular weight is 518 g/mol. The van der Waals surface area contributed by atoms with Crippen LogP contribution in [-0.4, -0.2) is 29.2 Å². The van der Waals surface area contributed by atoms with E-state index in [1.165, 1.54) is 23.1 Å². The van der Waals surface area contributed by atoms with Crippen LogP contribution in [0.3, 0.4) is 0 Å². The predicted octanol–water partition coefficient (Wildman–Crippen LogP) is 6.89. The molecule has 8 heteroatoms. The van der Waals surface area contributed by atoms with Crippen molar-refractivity contribution in [3.8, 4) is 17.0 Å². The molecule has 2 amide bonds. The zero-order valence-corrected chi connectivity index (χ0v) is 21.9. The van der Waals surface area contributed by atoms with Crippen LogP contribution >= 0.6 is 23.1 Å². The number of amides is 2. The van der Waals surface area contributed by atoms with Gasteiger partial charge < -0.3 is 15.4 Å². The topological polar surface area (TPSA) is 80.3 Å². The highest BCUT2D eigenvalue weighted by Gasteiger charge is 2.20. The van der Waals surface area contributed by atoms with E-state index >= 15 is 0 Å². The number of aryl methyl sites for hydroxylation is 1. The van der Waals surface area contributed by atoms with E-state index in [4.69, 9.17) is 4.74 Å². The zero-order chi connectivity index (χ0) is 25.5. The number of hydrogen-bond donors (Lipinski definition) is 2. The van der Waals surface area contributed by atoms with Crippen molar-refractivity contribution in [2.24, 2.45) is 0 Å². The molecular formula is C28H27N3O3S2. The fourth-order valence-electron chi connectivity index (χ4n) is 3.47. The number of anilines is 2. The lowest BCUT2D eigenvalue weighted by molar-refractivity contribution is -0.115. The second kappa shape index (κ2) is 11.9. The van der Waals surface area contributed by atoms with Crippen molar-refractivity contribution in [2.45, 2.75) is 30.4 Å². The Morgan fingerprint density at radius 1 is 1.03 bits per heavy atom. The predicted molar refractivity (Wildman–Crippen MR) is 148 cm³/mol. The Morgan fingerprint density at radius 2 is 1.81 bits per heavy atom. The van der Waals surface area contributed by atoms with E-state index in [9.17, 15) is 9.59 Å². The number of rotatable bonds is 9. The molecule has 0 spiro atoms. The normalized spacial score (nSPS) is 11.5. The first-order valence-electron chi connectivity index (χ1n) is 11.5. The number of benzene rings is 3. The Labute approximate surface area is 219 Å². The molecule has 0 saturated carbocycles. The van der Waals surface area contributed by atoms with Crippen LogP contribution in [0.25, 0.3) is 11.3 Å². The molecule has 0 aliphatic rings. The van der Waals surface area contributed by atoms with E-state index in [2.05, 4.69) is 15.6 Å². The van der Waals surface area contributed by atoms with Crippen molar-refractivity contribution in [3.05, 3.63) is 89.3 Å². The molecule has 3 aromatic carbocycles. The van der Waals surface area contributed by atoms with Crippen LogP contribution in [0.15, 0.2) is 83.1 Å². The van der Waals surface area contributed by atoms with Crippen LogP contribution in [0.4, 0.5) is 10.8 Å². The summed E-state index contributed by atoms with van der Waals surface area (Å²) < 4.78 is 5.29. The fourth-order valence-corrected chi connectivity index (χ4v) is 5.21. The number of aromatic nitrogens is 1. The molecule has 36 heavy (non-hydrogen) atoms. The van der Waals surface area contributed by atoms with Gasteiger partial charge in [0.2, 0.25) is 5.91 Å². The lowest BCUT2D eigenvalue weighted by Gasteiger charge is -2.14. The first-order valence-corrected chi connectivity index (χ1v) is 13.3. The summed E-state index contributed by atoms with van der Waals surface area (Å²) in [4.78, 5) is 31.1. The Hall–Kier alpha value is -3.62. The minimum Gasteiger partial charge on any atom is -0.497 e. The summed E-state index contributed by atoms with van der Waals surface area (Å²) in [6.45, 7) is 3.96. The third kappa shape index (κ3) is 6.53. The van der Waals surface area contributed by atoms with Gasteiger partial charge in [0.1, 0.15) is 5.75 Å². The molecule has 1 heterocycles. The Balaban J connectivity index is 1.39. The minimum atomic E-state index is -0.308. The lowest BCUT2D eigenvalue weighted by Crippen LogP contribution is -2.24. The summed E-state index contributed by atoms with van der Waals surface area (Å²) in [5, 5.41) is 8.05. The molecule has 1 atom stereocenters. The summed E-state index contributed by atoms with van der Waals surface area (Å²) >= 11 is 2.85. The fraction of sp³-hybridized carbons (Fsp3) is 0.179. The van der Waals surface area contributed by atoms with Crippen LogP contribution in [0, 0.1) is 6.92 Å². The number of carbonyl (C=O) groups excluding carboxylic acids is 2. The summed E-state index contributed by atoms with van der Waals surface area (Å²) in [6, 6.07) is 22.6. The number of carbonyl (C=O) groups is 2. The van der Waals surface area contributed by atoms with Gasteiger partial charge in [-0.15, -0.1) is 23.1 Å². The third-order valence-electron chi connectivity index (χ3n) is 5.45. The second-order valence-electron chi connectivity index (χ2n) is 8.12. The maximum atomic E-state index is 13.0. The number of methoxy groups -OCH3 is 1. The van der Waals surface area contributed by atoms with E-state index in [0.29, 0.717) is 22.8 Å². The molecule has 0 aliphatic heterocycles. The minimum absolute atomic E-state index is 0.108. The molecule has 0 bridgehead atoms. The number of ether oxygens (including phenoxy) is 1. The maximum absolute atomic E-state index is 13.0. The average Bonchev–Trinajstić information content (AvgIpc) is 3.36. The molecule has 1 unspecified atom stereocenters. The van der Waals surface area contributed by atoms with Gasteiger partial charge in [0.25, 0.3) is 5.91 Å². The first kappa shape index (κ1) is 25.5. The highest BCUT2D eigenvalue weighted by molar-refractivity contribution is 8.00. The molecule has 0 aliphatic carbocycles. The second-order valence-corrected chi connectivity index (χ2v) is 10.3. The van der Waals surface area contributed by atoms with E-state index in [-0.39, 0.29) is 17.1 Å². The number of thiazole rings is 1. The summed E-state index contributed by atoms with van der Waals surface area (Å²) in [6.07, 6.45) is 0.643. The SMILES string of the molecule is CCC(Sc1cccc(NC(=O)c2ccc(C)cc2)c1)C(=O)Nc1nc(-c2cccc(OC)c2)cs1. The van der Waals surface area contributed by atoms with Crippen molar-refractivity contribution < 1.29 is 14.3 Å². The highest BCUT2D eigenvalue weighted by atomic mass is 32.2. The summed E-state index contributed by atoms with van der Waals surface area (Å²) in [7, 11) is 1.63. The molecule has 0 radical (unpaired) electrons. The van der Waals surface area contributed by atoms with Crippen LogP contribution in [0.5, 0.6) is 5.75 Å². The molecular weight excluding hydrogens is 490 g/mol. The lowest BCUT2D eigenvalue weighted by atomic mass is 10.1. The van der Waals surface area contributed by atoms with Crippen molar-refractivity contribution >= 4 is 45.7 Å². The molecule has 1 aromatic heterocycles. The van der Waals surface area contributed by atoms with Crippen molar-refractivity contribution in [1.82, 2.24) is 4.98 Å². The number of hydrogen-bond acceptors (Lipinski definition) is 6. The maximum Gasteiger partial charge on any atom is 0.255 e. The number of nitrogens with one attached hydrogen (secondary N) is 2. The number of thioether (sulfide) groups is 1. The standard InChI is InChI=1S/C28H27N3O3S2/c1-4-25(27(33)31-28-30-24(17-35-28)20-7-5-9-22(15-20)34-3)36-23-10-6-8-21(16-23)29-26(32)19-13-11-18(2)12-14-19/h5-17,25H,4H2,1-3H3,(H,29,32)(H,30,31,33). The largest absolute Gasteiger partial charge is 0.497 e. The number of nitrogens with zero attached hydrogens (tertiary/aromatic N) is 1. The van der Waals surface area contributed by atoms with E-state index in [1.54, 1.807) is 19.2 Å². The van der Waals surface area contributed by atoms with Gasteiger partial charge in [0.15, 0.2) is 5.13 Å². The van der Waals surface area contributed by atoms with E-state index in [1.807, 2.05) is 79.9 Å². The van der Waals surface area contributed by atoms with Gasteiger partial charge in [0.05, 0.1) is 18.1 Å². The van der Waals surface area contributed by atoms with Gasteiger partial charge in [-0.2, -0.15) is 0 Å². The molecule has 0 fully saturated rings. The Kier molecular flexibility index (Phi) is 8.40. The van der Waals surface area contributed by atoms with E-state index < -0.39 is 0 Å². The van der Waals surface area contributed by atoms with Gasteiger partial charge in [-0.3, -0.25) is 9.59 Å². The molecule has 0 saturated heterocycles. The van der Waals surface area contributed by atoms with Gasteiger partial charge in [-0.25, -0.2) is 4.98 Å². The molecule has 4 rings (SSSR count). The van der Waals surface area contributed by atoms with Crippen LogP contribution < -0.4 is 15.4 Å². The van der Waals surface area contributed by atoms with Gasteiger partial charge in [0, 0.05) is 27.1 Å². The van der Waals surface area contributed by atoms with Crippen LogP contribution in [-0.2, 0) is 4.79 Å². The van der Waals surface area contributed by atoms with Crippen molar-refractivity contribution in [1.29, 1.82) is 0 Å². The summed E-state index contributed by atoms with van der Waals surface area (Å²) in [5.74, 6) is 0.478. The molecule has 2 N–H and O–H groups in total. The van der Waals surface area contributed by atoms with E-state index in [0.717, 1.165) is 27.5 Å². The monoisotopic (exact) mass is 517 g/mol. The van der Waals surface area contributed by atoms with Crippen LogP contribution in [0.2, 0.25) is 0 Å². The smallest absolute Gasteiger partial charge is 0.255 e. The van der Waals surface area contributed by atoms with Gasteiger partial charge in [-0.05, 0) is 55.8 Å². The van der Waals surface area contributed by atoms with Crippen molar-refractivity contribution in [3.63, 3.8) is 0 Å². The quantitative estimate of drug-likeness (QED) is 0.236. The summed E-state index contributed by atoms with van der Waals surface area (Å²) in [5.41, 5.74) is 4.09. The molecule has 4 aromatic rings. The van der Waals surface area contributed by atoms with Crippen molar-refractivity contribution in [2.75, 3.05) is 17.7 Å². The highest BCUT2D eigenvalue weighted by Crippen LogP contribution is 2.31. The Bertz CT molecular complexity index is 1350. The molecule has 6 nitrogen and oxygen atoms in total. The third-order valence-corrected chi connectivity index (χ3v) is 7.56. The molecule has 184 valence electrons. The van der Waals surface area contributed by atoms with Gasteiger partial charge in [-0.1, -0.05) is 42.8 Å². The Morgan fingerprint density at radius 3 is 2.56 bits per heavy atom. The zero-order valence-electron chi connectivity index (χ0n) is 20.3. The van der Waals surface area contributed by atoms with Gasteiger partial charge >= 0.3 is 0 Å². The first-order chi connectivity index (χ1) is 17.4.